The van der Waals surface area contributed by atoms with Crippen LogP contribution in [-0.4, -0.2) is 35.9 Å². The van der Waals surface area contributed by atoms with E-state index in [9.17, 15) is 4.79 Å². The molecule has 0 saturated carbocycles. The first-order valence-corrected chi connectivity index (χ1v) is 3.23. The molecule has 0 aromatic rings. The third-order valence-electron chi connectivity index (χ3n) is 1.54. The zero-order chi connectivity index (χ0) is 8.43. The average molecular weight is 154 g/mol. The number of amides is 1. The number of hydrogen-bond acceptors (Lipinski definition) is 4. The van der Waals surface area contributed by atoms with Gasteiger partial charge in [-0.1, -0.05) is 0 Å². The van der Waals surface area contributed by atoms with Crippen molar-refractivity contribution in [3.05, 3.63) is 0 Å². The molecular weight excluding hydrogens is 144 g/mol. The zero-order valence-electron chi connectivity index (χ0n) is 6.53. The standard InChI is InChI=1S/C6H10N4O/c1-4-8-9-5(6(7)11)3-10(4)2/h3H2,1-2H3,(H2,7,11). The number of amidine groups is 1. The summed E-state index contributed by atoms with van der Waals surface area (Å²) in [5, 5.41) is 7.39. The summed E-state index contributed by atoms with van der Waals surface area (Å²) in [5.41, 5.74) is 5.31. The Labute approximate surface area is 64.6 Å². The number of nitrogens with zero attached hydrogens (tertiary/aromatic N) is 3. The van der Waals surface area contributed by atoms with Crippen LogP contribution in [0.1, 0.15) is 6.92 Å². The second-order valence-corrected chi connectivity index (χ2v) is 2.41. The van der Waals surface area contributed by atoms with Gasteiger partial charge >= 0.3 is 0 Å². The molecule has 0 radical (unpaired) electrons. The van der Waals surface area contributed by atoms with Crippen LogP contribution in [0.15, 0.2) is 10.2 Å². The van der Waals surface area contributed by atoms with E-state index in [0.717, 1.165) is 5.84 Å². The van der Waals surface area contributed by atoms with Crippen LogP contribution in [0.3, 0.4) is 0 Å². The highest BCUT2D eigenvalue weighted by molar-refractivity contribution is 6.39. The van der Waals surface area contributed by atoms with E-state index in [1.807, 2.05) is 18.9 Å². The normalized spacial score (nSPS) is 17.5. The van der Waals surface area contributed by atoms with Gasteiger partial charge in [-0.2, -0.15) is 0 Å². The summed E-state index contributed by atoms with van der Waals surface area (Å²) < 4.78 is 0. The zero-order valence-corrected chi connectivity index (χ0v) is 6.53. The van der Waals surface area contributed by atoms with Crippen molar-refractivity contribution < 1.29 is 4.79 Å². The lowest BCUT2D eigenvalue weighted by Crippen LogP contribution is -2.39. The maximum absolute atomic E-state index is 10.6. The van der Waals surface area contributed by atoms with E-state index in [2.05, 4.69) is 10.2 Å². The van der Waals surface area contributed by atoms with Crippen molar-refractivity contribution in [2.24, 2.45) is 15.9 Å². The second-order valence-electron chi connectivity index (χ2n) is 2.41. The third kappa shape index (κ3) is 1.54. The lowest BCUT2D eigenvalue weighted by molar-refractivity contribution is -0.112. The van der Waals surface area contributed by atoms with Crippen molar-refractivity contribution in [3.63, 3.8) is 0 Å². The molecule has 60 valence electrons. The minimum atomic E-state index is -0.506. The van der Waals surface area contributed by atoms with Gasteiger partial charge in [0.15, 0.2) is 0 Å². The molecule has 11 heavy (non-hydrogen) atoms. The molecule has 2 N–H and O–H groups in total. The molecule has 5 nitrogen and oxygen atoms in total. The van der Waals surface area contributed by atoms with Crippen molar-refractivity contribution in [1.29, 1.82) is 0 Å². The van der Waals surface area contributed by atoms with Gasteiger partial charge < -0.3 is 10.6 Å². The minimum absolute atomic E-state index is 0.304. The molecule has 1 rings (SSSR count). The number of carbonyl (C=O) groups is 1. The Morgan fingerprint density at radius 3 is 2.73 bits per heavy atom. The van der Waals surface area contributed by atoms with Gasteiger partial charge in [-0.15, -0.1) is 10.2 Å². The molecule has 5 heteroatoms. The summed E-state index contributed by atoms with van der Waals surface area (Å²) in [6.07, 6.45) is 0. The van der Waals surface area contributed by atoms with Crippen molar-refractivity contribution >= 4 is 17.5 Å². The molecule has 0 aromatic carbocycles. The van der Waals surface area contributed by atoms with Crippen molar-refractivity contribution in [1.82, 2.24) is 4.90 Å². The van der Waals surface area contributed by atoms with Crippen molar-refractivity contribution in [3.8, 4) is 0 Å². The van der Waals surface area contributed by atoms with E-state index in [1.54, 1.807) is 0 Å². The summed E-state index contributed by atoms with van der Waals surface area (Å²) in [7, 11) is 1.83. The lowest BCUT2D eigenvalue weighted by atomic mass is 10.3. The molecular formula is C6H10N4O. The van der Waals surface area contributed by atoms with Crippen LogP contribution in [0.2, 0.25) is 0 Å². The molecule has 0 atom stereocenters. The highest BCUT2D eigenvalue weighted by Crippen LogP contribution is 1.97. The Morgan fingerprint density at radius 1 is 1.64 bits per heavy atom. The Balaban J connectivity index is 2.82. The van der Waals surface area contributed by atoms with Gasteiger partial charge in [-0.3, -0.25) is 4.79 Å². The molecule has 0 fully saturated rings. The summed E-state index contributed by atoms with van der Waals surface area (Å²) in [5.74, 6) is 0.281. The van der Waals surface area contributed by atoms with Crippen LogP contribution in [0.25, 0.3) is 0 Å². The van der Waals surface area contributed by atoms with Crippen LogP contribution < -0.4 is 5.73 Å². The van der Waals surface area contributed by atoms with E-state index in [-0.39, 0.29) is 0 Å². The maximum atomic E-state index is 10.6. The summed E-state index contributed by atoms with van der Waals surface area (Å²) in [6, 6.07) is 0. The van der Waals surface area contributed by atoms with Gasteiger partial charge in [0.2, 0.25) is 0 Å². The first kappa shape index (κ1) is 7.71. The van der Waals surface area contributed by atoms with Gasteiger partial charge in [0.1, 0.15) is 11.5 Å². The molecule has 0 saturated heterocycles. The Morgan fingerprint density at radius 2 is 2.27 bits per heavy atom. The molecule has 1 heterocycles. The SMILES string of the molecule is CC1=NN=C(C(N)=O)CN1C. The Bertz CT molecular complexity index is 243. The Hall–Kier alpha value is -1.39. The maximum Gasteiger partial charge on any atom is 0.266 e. The number of primary amides is 1. The van der Waals surface area contributed by atoms with Gasteiger partial charge in [0.25, 0.3) is 5.91 Å². The first-order chi connectivity index (χ1) is 5.11. The highest BCUT2D eigenvalue weighted by Gasteiger charge is 2.15. The largest absolute Gasteiger partial charge is 0.364 e. The first-order valence-electron chi connectivity index (χ1n) is 3.23. The van der Waals surface area contributed by atoms with Crippen molar-refractivity contribution in [2.45, 2.75) is 6.92 Å². The smallest absolute Gasteiger partial charge is 0.266 e. The summed E-state index contributed by atoms with van der Waals surface area (Å²) in [6.45, 7) is 2.27. The van der Waals surface area contributed by atoms with Crippen LogP contribution in [0, 0.1) is 0 Å². The monoisotopic (exact) mass is 154 g/mol. The van der Waals surface area contributed by atoms with E-state index < -0.39 is 5.91 Å². The molecule has 0 spiro atoms. The predicted molar refractivity (Wildman–Crippen MR) is 42.4 cm³/mol. The quantitative estimate of drug-likeness (QED) is 0.536. The van der Waals surface area contributed by atoms with Gasteiger partial charge in [0, 0.05) is 7.05 Å². The average Bonchev–Trinajstić information content (AvgIpc) is 1.94. The molecule has 0 aromatic heterocycles. The van der Waals surface area contributed by atoms with E-state index in [1.165, 1.54) is 0 Å². The molecule has 0 unspecified atom stereocenters. The van der Waals surface area contributed by atoms with Crippen LogP contribution in [0.4, 0.5) is 0 Å². The van der Waals surface area contributed by atoms with Gasteiger partial charge in [-0.05, 0) is 6.92 Å². The summed E-state index contributed by atoms with van der Waals surface area (Å²) in [4.78, 5) is 12.4. The summed E-state index contributed by atoms with van der Waals surface area (Å²) >= 11 is 0. The van der Waals surface area contributed by atoms with Gasteiger partial charge in [0.05, 0.1) is 6.54 Å². The Kier molecular flexibility index (Phi) is 1.89. The lowest BCUT2D eigenvalue weighted by Gasteiger charge is -2.20. The molecule has 1 aliphatic heterocycles. The molecule has 0 aliphatic carbocycles. The molecule has 0 bridgehead atoms. The number of hydrogen-bond donors (Lipinski definition) is 1. The molecule has 1 aliphatic rings. The number of rotatable bonds is 1. The fourth-order valence-electron chi connectivity index (χ4n) is 0.707. The number of carbonyl (C=O) groups excluding carboxylic acids is 1. The fraction of sp³-hybridized carbons (Fsp3) is 0.500. The van der Waals surface area contributed by atoms with Crippen LogP contribution >= 0.6 is 0 Å². The van der Waals surface area contributed by atoms with Crippen LogP contribution in [-0.2, 0) is 4.79 Å². The topological polar surface area (TPSA) is 71.0 Å². The fourth-order valence-corrected chi connectivity index (χ4v) is 0.707. The predicted octanol–water partition coefficient (Wildman–Crippen LogP) is -0.809. The van der Waals surface area contributed by atoms with Crippen molar-refractivity contribution in [2.75, 3.05) is 13.6 Å². The highest BCUT2D eigenvalue weighted by atomic mass is 16.1. The van der Waals surface area contributed by atoms with Gasteiger partial charge in [-0.25, -0.2) is 0 Å². The van der Waals surface area contributed by atoms with Crippen LogP contribution in [0.5, 0.6) is 0 Å². The van der Waals surface area contributed by atoms with E-state index in [0.29, 0.717) is 12.3 Å². The van der Waals surface area contributed by atoms with E-state index >= 15 is 0 Å². The number of nitrogens with two attached hydrogens (primary N) is 1. The second kappa shape index (κ2) is 2.69. The molecule has 1 amide bonds. The minimum Gasteiger partial charge on any atom is -0.364 e. The van der Waals surface area contributed by atoms with E-state index in [4.69, 9.17) is 5.73 Å². The third-order valence-corrected chi connectivity index (χ3v) is 1.54.